The van der Waals surface area contributed by atoms with Gasteiger partial charge in [-0.25, -0.2) is 0 Å². The molecule has 0 atom stereocenters. The maximum atomic E-state index is 2.48. The Balaban J connectivity index is 1.77. The van der Waals surface area contributed by atoms with E-state index >= 15 is 0 Å². The Morgan fingerprint density at radius 1 is 0.720 bits per heavy atom. The van der Waals surface area contributed by atoms with E-state index in [0.29, 0.717) is 5.41 Å². The fourth-order valence-electron chi connectivity index (χ4n) is 6.19. The topological polar surface area (TPSA) is 0 Å². The summed E-state index contributed by atoms with van der Waals surface area (Å²) in [6.45, 7) is 2.32. The molecule has 1 aromatic rings. The minimum Gasteiger partial charge on any atom is -0.0654 e. The smallest absolute Gasteiger partial charge is 0.000945 e. The summed E-state index contributed by atoms with van der Waals surface area (Å²) in [6.07, 6.45) is 21.9. The van der Waals surface area contributed by atoms with Crippen LogP contribution in [-0.4, -0.2) is 0 Å². The van der Waals surface area contributed by atoms with Gasteiger partial charge in [-0.3, -0.25) is 0 Å². The van der Waals surface area contributed by atoms with Gasteiger partial charge in [0.2, 0.25) is 0 Å². The summed E-state index contributed by atoms with van der Waals surface area (Å²) >= 11 is 0. The maximum Gasteiger partial charge on any atom is 0.000945 e. The lowest BCUT2D eigenvalue weighted by atomic mass is 9.58. The monoisotopic (exact) mass is 340 g/mol. The van der Waals surface area contributed by atoms with Crippen molar-refractivity contribution in [1.29, 1.82) is 0 Å². The summed E-state index contributed by atoms with van der Waals surface area (Å²) in [5, 5.41) is 0. The second-order valence-electron chi connectivity index (χ2n) is 8.89. The van der Waals surface area contributed by atoms with E-state index < -0.39 is 0 Å². The minimum atomic E-state index is 0.499. The van der Waals surface area contributed by atoms with Gasteiger partial charge in [-0.2, -0.15) is 0 Å². The fraction of sp³-hybridized carbons (Fsp3) is 0.760. The van der Waals surface area contributed by atoms with E-state index in [1.165, 1.54) is 96.3 Å². The molecule has 2 aliphatic carbocycles. The molecule has 3 rings (SSSR count). The Hall–Kier alpha value is -0.780. The molecule has 0 N–H and O–H groups in total. The zero-order valence-corrected chi connectivity index (χ0v) is 16.6. The van der Waals surface area contributed by atoms with Gasteiger partial charge in [-0.1, -0.05) is 101 Å². The van der Waals surface area contributed by atoms with Crippen LogP contribution in [0.2, 0.25) is 0 Å². The van der Waals surface area contributed by atoms with Gasteiger partial charge >= 0.3 is 0 Å². The fourth-order valence-corrected chi connectivity index (χ4v) is 6.19. The average Bonchev–Trinajstić information content (AvgIpc) is 3.37. The Bertz CT molecular complexity index is 446. The summed E-state index contributed by atoms with van der Waals surface area (Å²) < 4.78 is 0. The van der Waals surface area contributed by atoms with Crippen molar-refractivity contribution in [2.75, 3.05) is 0 Å². The van der Waals surface area contributed by atoms with Gasteiger partial charge in [0.1, 0.15) is 0 Å². The van der Waals surface area contributed by atoms with Crippen LogP contribution < -0.4 is 0 Å². The lowest BCUT2D eigenvalue weighted by Gasteiger charge is -2.45. The van der Waals surface area contributed by atoms with E-state index in [1.54, 1.807) is 5.56 Å². The van der Waals surface area contributed by atoms with Crippen molar-refractivity contribution >= 4 is 0 Å². The highest BCUT2D eigenvalue weighted by Gasteiger charge is 2.47. The molecular formula is C25H40. The molecule has 1 aromatic carbocycles. The highest BCUT2D eigenvalue weighted by molar-refractivity contribution is 5.29. The van der Waals surface area contributed by atoms with Crippen molar-refractivity contribution in [2.24, 2.45) is 11.8 Å². The number of hydrogen-bond acceptors (Lipinski definition) is 0. The summed E-state index contributed by atoms with van der Waals surface area (Å²) in [6, 6.07) is 11.8. The summed E-state index contributed by atoms with van der Waals surface area (Å²) in [7, 11) is 0. The van der Waals surface area contributed by atoms with Crippen LogP contribution in [0.5, 0.6) is 0 Å². The molecule has 0 heteroatoms. The third kappa shape index (κ3) is 4.50. The van der Waals surface area contributed by atoms with Gasteiger partial charge in [0, 0.05) is 5.41 Å². The van der Waals surface area contributed by atoms with Crippen molar-refractivity contribution in [2.45, 2.75) is 109 Å². The summed E-state index contributed by atoms with van der Waals surface area (Å²) in [5.74, 6) is 1.90. The second kappa shape index (κ2) is 9.79. The van der Waals surface area contributed by atoms with Gasteiger partial charge in [0.15, 0.2) is 0 Å². The summed E-state index contributed by atoms with van der Waals surface area (Å²) in [4.78, 5) is 0. The van der Waals surface area contributed by atoms with Gasteiger partial charge in [0.25, 0.3) is 0 Å². The highest BCUT2D eigenvalue weighted by Crippen LogP contribution is 2.54. The van der Waals surface area contributed by atoms with Crippen molar-refractivity contribution < 1.29 is 0 Å². The molecule has 0 saturated heterocycles. The molecular weight excluding hydrogens is 300 g/mol. The predicted molar refractivity (Wildman–Crippen MR) is 110 cm³/mol. The molecule has 0 heterocycles. The third-order valence-electron chi connectivity index (χ3n) is 7.42. The number of benzene rings is 1. The summed E-state index contributed by atoms with van der Waals surface area (Å²) in [5.41, 5.74) is 2.20. The Morgan fingerprint density at radius 3 is 1.80 bits per heavy atom. The second-order valence-corrected chi connectivity index (χ2v) is 8.89. The first-order valence-electron chi connectivity index (χ1n) is 11.4. The molecule has 2 aliphatic rings. The molecule has 25 heavy (non-hydrogen) atoms. The van der Waals surface area contributed by atoms with E-state index in [1.807, 2.05) is 0 Å². The number of rotatable bonds is 10. The van der Waals surface area contributed by atoms with Crippen molar-refractivity contribution in [3.63, 3.8) is 0 Å². The quantitative estimate of drug-likeness (QED) is 0.378. The Labute approximate surface area is 156 Å². The Kier molecular flexibility index (Phi) is 7.44. The third-order valence-corrected chi connectivity index (χ3v) is 7.42. The molecule has 2 saturated carbocycles. The van der Waals surface area contributed by atoms with Crippen molar-refractivity contribution in [3.8, 4) is 0 Å². The molecule has 0 radical (unpaired) electrons. The van der Waals surface area contributed by atoms with E-state index in [4.69, 9.17) is 0 Å². The van der Waals surface area contributed by atoms with E-state index in [9.17, 15) is 0 Å². The molecule has 0 aliphatic heterocycles. The van der Waals surface area contributed by atoms with Crippen LogP contribution in [0.25, 0.3) is 0 Å². The largest absolute Gasteiger partial charge is 0.0654 e. The molecule has 2 fully saturated rings. The zero-order chi connectivity index (χ0) is 17.4. The van der Waals surface area contributed by atoms with E-state index in [-0.39, 0.29) is 0 Å². The number of unbranched alkanes of at least 4 members (excludes halogenated alkanes) is 5. The molecule has 0 aromatic heterocycles. The van der Waals surface area contributed by atoms with Gasteiger partial charge in [-0.05, 0) is 49.5 Å². The van der Waals surface area contributed by atoms with Crippen LogP contribution in [-0.2, 0) is 5.41 Å². The predicted octanol–water partition coefficient (Wildman–Crippen LogP) is 8.06. The molecule has 0 unspecified atom stereocenters. The minimum absolute atomic E-state index is 0.499. The molecule has 0 nitrogen and oxygen atoms in total. The van der Waals surface area contributed by atoms with Crippen molar-refractivity contribution in [3.05, 3.63) is 35.9 Å². The SMILES string of the molecule is CCCCCCCCC(c1ccccc1)(C1CCCC1)C1CCCC1. The van der Waals surface area contributed by atoms with E-state index in [0.717, 1.165) is 11.8 Å². The lowest BCUT2D eigenvalue weighted by Crippen LogP contribution is -2.40. The average molecular weight is 341 g/mol. The molecule has 0 spiro atoms. The standard InChI is InChI=1S/C25H40/c1-2-3-4-5-6-14-21-25(23-17-10-11-18-23,24-19-12-13-20-24)22-15-8-7-9-16-22/h7-9,15-16,23-24H,2-6,10-14,17-21H2,1H3. The molecule has 0 bridgehead atoms. The zero-order valence-electron chi connectivity index (χ0n) is 16.6. The van der Waals surface area contributed by atoms with E-state index in [2.05, 4.69) is 37.3 Å². The molecule has 0 amide bonds. The first kappa shape index (κ1) is 19.0. The normalized spacial score (nSPS) is 19.7. The van der Waals surface area contributed by atoms with Gasteiger partial charge in [0.05, 0.1) is 0 Å². The lowest BCUT2D eigenvalue weighted by molar-refractivity contribution is 0.151. The van der Waals surface area contributed by atoms with Crippen LogP contribution in [0.4, 0.5) is 0 Å². The first-order valence-corrected chi connectivity index (χ1v) is 11.4. The van der Waals surface area contributed by atoms with Gasteiger partial charge in [-0.15, -0.1) is 0 Å². The molecule has 140 valence electrons. The van der Waals surface area contributed by atoms with Crippen LogP contribution in [0.15, 0.2) is 30.3 Å². The maximum absolute atomic E-state index is 2.48. The highest BCUT2D eigenvalue weighted by atomic mass is 14.5. The van der Waals surface area contributed by atoms with Crippen molar-refractivity contribution in [1.82, 2.24) is 0 Å². The van der Waals surface area contributed by atoms with Gasteiger partial charge < -0.3 is 0 Å². The van der Waals surface area contributed by atoms with Crippen LogP contribution in [0, 0.1) is 11.8 Å². The van der Waals surface area contributed by atoms with Crippen LogP contribution in [0.3, 0.4) is 0 Å². The van der Waals surface area contributed by atoms with Crippen LogP contribution in [0.1, 0.15) is 109 Å². The Morgan fingerprint density at radius 2 is 1.24 bits per heavy atom. The number of hydrogen-bond donors (Lipinski definition) is 0. The first-order chi connectivity index (χ1) is 12.4. The van der Waals surface area contributed by atoms with Crippen LogP contribution >= 0.6 is 0 Å².